The number of hydrogen-bond acceptors (Lipinski definition) is 2. The number of aryl methyl sites for hydroxylation is 1. The van der Waals surface area contributed by atoms with Crippen molar-refractivity contribution in [3.05, 3.63) is 60.4 Å². The molecule has 21 heavy (non-hydrogen) atoms. The van der Waals surface area contributed by atoms with Gasteiger partial charge in [-0.25, -0.2) is 0 Å². The third-order valence-corrected chi connectivity index (χ3v) is 3.44. The lowest BCUT2D eigenvalue weighted by Gasteiger charge is -1.95. The molecule has 0 aliphatic carbocycles. The van der Waals surface area contributed by atoms with Crippen molar-refractivity contribution in [1.82, 2.24) is 9.97 Å². The maximum absolute atomic E-state index is 9.07. The number of H-pyrrole nitrogens is 2. The highest BCUT2D eigenvalue weighted by Gasteiger charge is 2.01. The number of para-hydroxylation sites is 1. The van der Waals surface area contributed by atoms with Crippen LogP contribution in [0.5, 0.6) is 11.5 Å². The Hall–Kier alpha value is -2.88. The molecule has 2 heterocycles. The Morgan fingerprint density at radius 3 is 2.43 bits per heavy atom. The SMILES string of the molecule is Cc1c[nH]c2ccccc12.Oc1cc2cc[nH]c2cc1O. The molecule has 0 aliphatic rings. The highest BCUT2D eigenvalue weighted by Crippen LogP contribution is 2.29. The molecule has 0 bridgehead atoms. The number of fused-ring (bicyclic) bond motifs is 2. The average Bonchev–Trinajstić information content (AvgIpc) is 3.08. The van der Waals surface area contributed by atoms with Crippen LogP contribution in [-0.4, -0.2) is 20.2 Å². The molecule has 106 valence electrons. The fourth-order valence-electron chi connectivity index (χ4n) is 2.29. The van der Waals surface area contributed by atoms with Crippen molar-refractivity contribution in [3.63, 3.8) is 0 Å². The van der Waals surface area contributed by atoms with Crippen molar-refractivity contribution in [3.8, 4) is 11.5 Å². The predicted octanol–water partition coefficient (Wildman–Crippen LogP) is 4.06. The van der Waals surface area contributed by atoms with Gasteiger partial charge < -0.3 is 20.2 Å². The molecule has 4 nitrogen and oxygen atoms in total. The van der Waals surface area contributed by atoms with E-state index in [0.29, 0.717) is 0 Å². The summed E-state index contributed by atoms with van der Waals surface area (Å²) in [6.45, 7) is 2.11. The first kappa shape index (κ1) is 13.1. The fourth-order valence-corrected chi connectivity index (χ4v) is 2.29. The van der Waals surface area contributed by atoms with Crippen LogP contribution in [0.3, 0.4) is 0 Å². The summed E-state index contributed by atoms with van der Waals surface area (Å²) in [5.41, 5.74) is 3.36. The van der Waals surface area contributed by atoms with E-state index in [2.05, 4.69) is 35.1 Å². The number of hydrogen-bond donors (Lipinski definition) is 4. The Labute approximate surface area is 121 Å². The second-order valence-corrected chi connectivity index (χ2v) is 4.92. The van der Waals surface area contributed by atoms with E-state index in [1.807, 2.05) is 18.3 Å². The third kappa shape index (κ3) is 2.56. The summed E-state index contributed by atoms with van der Waals surface area (Å²) < 4.78 is 0. The van der Waals surface area contributed by atoms with E-state index in [9.17, 15) is 0 Å². The number of nitrogens with one attached hydrogen (secondary N) is 2. The Bertz CT molecular complexity index is 854. The summed E-state index contributed by atoms with van der Waals surface area (Å²) in [4.78, 5) is 6.10. The van der Waals surface area contributed by atoms with Gasteiger partial charge in [-0.3, -0.25) is 0 Å². The van der Waals surface area contributed by atoms with Gasteiger partial charge in [0, 0.05) is 40.3 Å². The van der Waals surface area contributed by atoms with E-state index >= 15 is 0 Å². The monoisotopic (exact) mass is 280 g/mol. The zero-order valence-corrected chi connectivity index (χ0v) is 11.6. The summed E-state index contributed by atoms with van der Waals surface area (Å²) in [6.07, 6.45) is 3.79. The maximum atomic E-state index is 9.07. The van der Waals surface area contributed by atoms with Crippen LogP contribution in [0.25, 0.3) is 21.8 Å². The number of benzene rings is 2. The first-order chi connectivity index (χ1) is 10.1. The zero-order valence-electron chi connectivity index (χ0n) is 11.6. The summed E-state index contributed by atoms with van der Waals surface area (Å²) in [6, 6.07) is 13.1. The van der Waals surface area contributed by atoms with E-state index in [1.54, 1.807) is 6.20 Å². The molecular weight excluding hydrogens is 264 g/mol. The van der Waals surface area contributed by atoms with Crippen LogP contribution in [0, 0.1) is 6.92 Å². The molecule has 4 aromatic rings. The van der Waals surface area contributed by atoms with Gasteiger partial charge in [0.25, 0.3) is 0 Å². The van der Waals surface area contributed by atoms with E-state index in [4.69, 9.17) is 10.2 Å². The molecule has 0 unspecified atom stereocenters. The number of phenolic OH excluding ortho intramolecular Hbond substituents is 2. The summed E-state index contributed by atoms with van der Waals surface area (Å²) >= 11 is 0. The molecule has 0 aliphatic heterocycles. The minimum Gasteiger partial charge on any atom is -0.504 e. The second-order valence-electron chi connectivity index (χ2n) is 4.92. The number of aromatic amines is 2. The van der Waals surface area contributed by atoms with Gasteiger partial charge in [0.1, 0.15) is 0 Å². The van der Waals surface area contributed by atoms with Crippen LogP contribution in [0.15, 0.2) is 54.9 Å². The Morgan fingerprint density at radius 1 is 0.857 bits per heavy atom. The number of phenols is 2. The molecule has 2 aromatic carbocycles. The lowest BCUT2D eigenvalue weighted by molar-refractivity contribution is 0.405. The van der Waals surface area contributed by atoms with Crippen LogP contribution in [0.4, 0.5) is 0 Å². The predicted molar refractivity (Wildman–Crippen MR) is 84.7 cm³/mol. The first-order valence-corrected chi connectivity index (χ1v) is 6.67. The molecule has 0 saturated carbocycles. The first-order valence-electron chi connectivity index (χ1n) is 6.67. The van der Waals surface area contributed by atoms with Gasteiger partial charge in [-0.1, -0.05) is 18.2 Å². The van der Waals surface area contributed by atoms with Crippen LogP contribution in [0.1, 0.15) is 5.56 Å². The molecule has 2 aromatic heterocycles. The van der Waals surface area contributed by atoms with Gasteiger partial charge in [-0.05, 0) is 30.7 Å². The van der Waals surface area contributed by atoms with Crippen LogP contribution in [-0.2, 0) is 0 Å². The second kappa shape index (κ2) is 5.25. The summed E-state index contributed by atoms with van der Waals surface area (Å²) in [7, 11) is 0. The summed E-state index contributed by atoms with van der Waals surface area (Å²) in [5.74, 6) is -0.183. The minimum absolute atomic E-state index is 0.0860. The lowest BCUT2D eigenvalue weighted by Crippen LogP contribution is -1.69. The van der Waals surface area contributed by atoms with Gasteiger partial charge in [0.05, 0.1) is 0 Å². The number of aromatic hydroxyl groups is 2. The van der Waals surface area contributed by atoms with Crippen molar-refractivity contribution < 1.29 is 10.2 Å². The van der Waals surface area contributed by atoms with Gasteiger partial charge in [-0.2, -0.15) is 0 Å². The lowest BCUT2D eigenvalue weighted by atomic mass is 10.2. The Balaban J connectivity index is 0.000000126. The Morgan fingerprint density at radius 2 is 1.62 bits per heavy atom. The van der Waals surface area contributed by atoms with E-state index < -0.39 is 0 Å². The van der Waals surface area contributed by atoms with E-state index in [1.165, 1.54) is 28.6 Å². The summed E-state index contributed by atoms with van der Waals surface area (Å²) in [5, 5.41) is 20.3. The highest BCUT2D eigenvalue weighted by atomic mass is 16.3. The van der Waals surface area contributed by atoms with Crippen LogP contribution in [0.2, 0.25) is 0 Å². The average molecular weight is 280 g/mol. The molecule has 4 heteroatoms. The molecule has 4 rings (SSSR count). The van der Waals surface area contributed by atoms with Crippen molar-refractivity contribution in [1.29, 1.82) is 0 Å². The molecule has 0 saturated heterocycles. The smallest absolute Gasteiger partial charge is 0.159 e. The maximum Gasteiger partial charge on any atom is 0.159 e. The molecule has 0 spiro atoms. The third-order valence-electron chi connectivity index (χ3n) is 3.44. The topological polar surface area (TPSA) is 72.0 Å². The fraction of sp³-hybridized carbons (Fsp3) is 0.0588. The quantitative estimate of drug-likeness (QED) is 0.367. The molecule has 0 atom stereocenters. The van der Waals surface area contributed by atoms with Gasteiger partial charge in [-0.15, -0.1) is 0 Å². The normalized spacial score (nSPS) is 10.5. The van der Waals surface area contributed by atoms with E-state index in [0.717, 1.165) is 10.9 Å². The van der Waals surface area contributed by atoms with Crippen LogP contribution >= 0.6 is 0 Å². The van der Waals surface area contributed by atoms with Gasteiger partial charge in [0.15, 0.2) is 11.5 Å². The van der Waals surface area contributed by atoms with Crippen LogP contribution < -0.4 is 0 Å². The minimum atomic E-state index is -0.0973. The molecule has 0 amide bonds. The highest BCUT2D eigenvalue weighted by molar-refractivity contribution is 5.83. The number of aromatic nitrogens is 2. The molecule has 0 radical (unpaired) electrons. The Kier molecular flexibility index (Phi) is 3.28. The molecule has 0 fully saturated rings. The zero-order chi connectivity index (χ0) is 14.8. The van der Waals surface area contributed by atoms with Crippen molar-refractivity contribution in [2.75, 3.05) is 0 Å². The molecule has 4 N–H and O–H groups in total. The van der Waals surface area contributed by atoms with Crippen molar-refractivity contribution >= 4 is 21.8 Å². The van der Waals surface area contributed by atoms with Crippen molar-refractivity contribution in [2.45, 2.75) is 6.92 Å². The van der Waals surface area contributed by atoms with Gasteiger partial charge >= 0.3 is 0 Å². The largest absolute Gasteiger partial charge is 0.504 e. The van der Waals surface area contributed by atoms with Crippen molar-refractivity contribution in [2.24, 2.45) is 0 Å². The molecular formula is C17H16N2O2. The number of rotatable bonds is 0. The van der Waals surface area contributed by atoms with E-state index in [-0.39, 0.29) is 11.5 Å². The standard InChI is InChI=1S/C9H9N.C8H7NO2/c1-7-6-10-9-5-3-2-4-8(7)9;10-7-3-5-1-2-9-6(5)4-8(7)11/h2-6,10H,1H3;1-4,9-11H. The van der Waals surface area contributed by atoms with Gasteiger partial charge in [0.2, 0.25) is 0 Å².